The Morgan fingerprint density at radius 1 is 1.38 bits per heavy atom. The number of urea groups is 1. The van der Waals surface area contributed by atoms with Crippen LogP contribution in [0.25, 0.3) is 0 Å². The maximum Gasteiger partial charge on any atom is 0.312 e. The van der Waals surface area contributed by atoms with Crippen LogP contribution in [0.3, 0.4) is 0 Å². The molecule has 0 spiro atoms. The third-order valence-corrected chi connectivity index (χ3v) is 1.41. The highest BCUT2D eigenvalue weighted by atomic mass is 16.3. The molecule has 0 aromatic carbocycles. The smallest absolute Gasteiger partial charge is 0.312 e. The zero-order valence-electron chi connectivity index (χ0n) is 7.70. The van der Waals surface area contributed by atoms with Crippen LogP contribution < -0.4 is 16.4 Å². The van der Waals surface area contributed by atoms with E-state index in [1.54, 1.807) is 6.92 Å². The lowest BCUT2D eigenvalue weighted by atomic mass is 10.3. The van der Waals surface area contributed by atoms with Crippen molar-refractivity contribution in [2.45, 2.75) is 25.9 Å². The number of hydrogen-bond acceptors (Lipinski definition) is 3. The molecule has 6 nitrogen and oxygen atoms in total. The number of primary amides is 1. The quantitative estimate of drug-likeness (QED) is 0.434. The van der Waals surface area contributed by atoms with Gasteiger partial charge < -0.3 is 21.5 Å². The molecular weight excluding hydrogens is 174 g/mol. The second-order valence-electron chi connectivity index (χ2n) is 2.82. The van der Waals surface area contributed by atoms with Gasteiger partial charge in [0.05, 0.1) is 6.61 Å². The van der Waals surface area contributed by atoms with E-state index in [-0.39, 0.29) is 18.6 Å². The number of aliphatic hydroxyl groups is 1. The van der Waals surface area contributed by atoms with Crippen molar-refractivity contribution in [2.24, 2.45) is 5.73 Å². The molecule has 3 amide bonds. The maximum absolute atomic E-state index is 11.2. The summed E-state index contributed by atoms with van der Waals surface area (Å²) in [7, 11) is 0. The van der Waals surface area contributed by atoms with Gasteiger partial charge in [-0.05, 0) is 13.8 Å². The Hall–Kier alpha value is -1.30. The Morgan fingerprint density at radius 3 is 2.31 bits per heavy atom. The summed E-state index contributed by atoms with van der Waals surface area (Å²) in [6.45, 7) is 3.01. The summed E-state index contributed by atoms with van der Waals surface area (Å²) in [5, 5.41) is 13.3. The monoisotopic (exact) mass is 189 g/mol. The minimum absolute atomic E-state index is 0.144. The molecule has 2 atom stereocenters. The van der Waals surface area contributed by atoms with Crippen LogP contribution >= 0.6 is 0 Å². The van der Waals surface area contributed by atoms with E-state index in [0.717, 1.165) is 0 Å². The molecule has 0 aliphatic heterocycles. The van der Waals surface area contributed by atoms with Crippen molar-refractivity contribution >= 4 is 11.9 Å². The summed E-state index contributed by atoms with van der Waals surface area (Å²) in [5.41, 5.74) is 4.82. The number of carbonyl (C=O) groups is 2. The zero-order valence-corrected chi connectivity index (χ0v) is 7.70. The van der Waals surface area contributed by atoms with Crippen molar-refractivity contribution in [1.82, 2.24) is 10.6 Å². The predicted octanol–water partition coefficient (Wildman–Crippen LogP) is -1.46. The molecule has 0 aliphatic rings. The first-order chi connectivity index (χ1) is 5.97. The summed E-state index contributed by atoms with van der Waals surface area (Å²) in [6.07, 6.45) is 0. The van der Waals surface area contributed by atoms with Crippen molar-refractivity contribution in [3.63, 3.8) is 0 Å². The minimum Gasteiger partial charge on any atom is -0.394 e. The van der Waals surface area contributed by atoms with Crippen molar-refractivity contribution in [3.05, 3.63) is 0 Å². The van der Waals surface area contributed by atoms with Gasteiger partial charge >= 0.3 is 6.03 Å². The molecule has 0 fully saturated rings. The van der Waals surface area contributed by atoms with Gasteiger partial charge in [-0.25, -0.2) is 4.79 Å². The molecule has 0 radical (unpaired) electrons. The summed E-state index contributed by atoms with van der Waals surface area (Å²) >= 11 is 0. The number of hydrogen-bond donors (Lipinski definition) is 4. The van der Waals surface area contributed by atoms with E-state index in [1.165, 1.54) is 6.92 Å². The lowest BCUT2D eigenvalue weighted by molar-refractivity contribution is -0.123. The van der Waals surface area contributed by atoms with Crippen LogP contribution in [0.1, 0.15) is 13.8 Å². The fourth-order valence-electron chi connectivity index (χ4n) is 0.692. The van der Waals surface area contributed by atoms with Crippen molar-refractivity contribution in [1.29, 1.82) is 0 Å². The third-order valence-electron chi connectivity index (χ3n) is 1.41. The molecule has 0 bridgehead atoms. The highest BCUT2D eigenvalue weighted by Gasteiger charge is 2.15. The first-order valence-electron chi connectivity index (χ1n) is 3.94. The summed E-state index contributed by atoms with van der Waals surface area (Å²) in [5.74, 6) is -0.375. The normalized spacial score (nSPS) is 14.4. The van der Waals surface area contributed by atoms with Crippen LogP contribution in [0.5, 0.6) is 0 Å². The molecule has 0 saturated heterocycles. The molecule has 13 heavy (non-hydrogen) atoms. The number of aliphatic hydroxyl groups excluding tert-OH is 1. The summed E-state index contributed by atoms with van der Waals surface area (Å²) in [4.78, 5) is 21.5. The Kier molecular flexibility index (Phi) is 4.83. The first-order valence-corrected chi connectivity index (χ1v) is 3.94. The fraction of sp³-hybridized carbons (Fsp3) is 0.714. The number of amides is 3. The Balaban J connectivity index is 3.89. The molecule has 0 aromatic rings. The van der Waals surface area contributed by atoms with Gasteiger partial charge in [0, 0.05) is 6.04 Å². The number of nitrogens with one attached hydrogen (secondary N) is 2. The Labute approximate surface area is 76.5 Å². The molecule has 0 saturated carbocycles. The molecule has 0 aliphatic carbocycles. The SMILES string of the molecule is CC(NC(N)=O)C(=O)N[C@@H](C)CO. The van der Waals surface area contributed by atoms with Gasteiger partial charge in [0.1, 0.15) is 6.04 Å². The van der Waals surface area contributed by atoms with E-state index in [4.69, 9.17) is 10.8 Å². The van der Waals surface area contributed by atoms with Crippen molar-refractivity contribution in [3.8, 4) is 0 Å². The molecule has 0 heterocycles. The van der Waals surface area contributed by atoms with Gasteiger partial charge in [0.2, 0.25) is 5.91 Å². The van der Waals surface area contributed by atoms with E-state index in [2.05, 4.69) is 10.6 Å². The van der Waals surface area contributed by atoms with E-state index in [1.807, 2.05) is 0 Å². The van der Waals surface area contributed by atoms with Gasteiger partial charge in [0.15, 0.2) is 0 Å². The van der Waals surface area contributed by atoms with Crippen LogP contribution in [0.2, 0.25) is 0 Å². The molecule has 1 unspecified atom stereocenters. The molecule has 0 rings (SSSR count). The second kappa shape index (κ2) is 5.36. The maximum atomic E-state index is 11.2. The third kappa shape index (κ3) is 5.02. The lowest BCUT2D eigenvalue weighted by Gasteiger charge is -2.15. The summed E-state index contributed by atoms with van der Waals surface area (Å²) < 4.78 is 0. The number of rotatable bonds is 4. The predicted molar refractivity (Wildman–Crippen MR) is 46.9 cm³/mol. The lowest BCUT2D eigenvalue weighted by Crippen LogP contribution is -2.49. The van der Waals surface area contributed by atoms with Crippen LogP contribution in [0, 0.1) is 0 Å². The minimum atomic E-state index is -0.751. The van der Waals surface area contributed by atoms with E-state index < -0.39 is 12.1 Å². The summed E-state index contributed by atoms with van der Waals surface area (Å²) in [6, 6.07) is -1.77. The molecular formula is C7H15N3O3. The molecule has 6 heteroatoms. The largest absolute Gasteiger partial charge is 0.394 e. The van der Waals surface area contributed by atoms with Gasteiger partial charge in [-0.1, -0.05) is 0 Å². The number of carbonyl (C=O) groups excluding carboxylic acids is 2. The van der Waals surface area contributed by atoms with Crippen molar-refractivity contribution in [2.75, 3.05) is 6.61 Å². The van der Waals surface area contributed by atoms with Gasteiger partial charge in [0.25, 0.3) is 0 Å². The fourth-order valence-corrected chi connectivity index (χ4v) is 0.692. The van der Waals surface area contributed by atoms with Crippen LogP contribution in [0.15, 0.2) is 0 Å². The highest BCUT2D eigenvalue weighted by molar-refractivity contribution is 5.86. The highest BCUT2D eigenvalue weighted by Crippen LogP contribution is 1.84. The standard InChI is InChI=1S/C7H15N3O3/c1-4(3-11)9-6(12)5(2)10-7(8)13/h4-5,11H,3H2,1-2H3,(H,9,12)(H3,8,10,13)/t4-,5?/m0/s1. The average molecular weight is 189 g/mol. The van der Waals surface area contributed by atoms with Crippen molar-refractivity contribution < 1.29 is 14.7 Å². The molecule has 5 N–H and O–H groups in total. The molecule has 76 valence electrons. The zero-order chi connectivity index (χ0) is 10.4. The van der Waals surface area contributed by atoms with E-state index in [0.29, 0.717) is 0 Å². The Bertz CT molecular complexity index is 195. The first kappa shape index (κ1) is 11.7. The van der Waals surface area contributed by atoms with Crippen LogP contribution in [0.4, 0.5) is 4.79 Å². The average Bonchev–Trinajstić information content (AvgIpc) is 2.02. The van der Waals surface area contributed by atoms with E-state index >= 15 is 0 Å². The number of nitrogens with two attached hydrogens (primary N) is 1. The molecule has 0 aromatic heterocycles. The van der Waals surface area contributed by atoms with Gasteiger partial charge in [-0.3, -0.25) is 4.79 Å². The Morgan fingerprint density at radius 2 is 1.92 bits per heavy atom. The second-order valence-corrected chi connectivity index (χ2v) is 2.82. The van der Waals surface area contributed by atoms with Gasteiger partial charge in [-0.15, -0.1) is 0 Å². The van der Waals surface area contributed by atoms with Crippen LogP contribution in [-0.2, 0) is 4.79 Å². The topological polar surface area (TPSA) is 104 Å². The van der Waals surface area contributed by atoms with Crippen LogP contribution in [-0.4, -0.2) is 35.7 Å². The van der Waals surface area contributed by atoms with Gasteiger partial charge in [-0.2, -0.15) is 0 Å². The van der Waals surface area contributed by atoms with E-state index in [9.17, 15) is 9.59 Å².